The van der Waals surface area contributed by atoms with Crippen molar-refractivity contribution in [3.05, 3.63) is 40.2 Å². The second-order valence-electron chi connectivity index (χ2n) is 3.81. The van der Waals surface area contributed by atoms with Crippen LogP contribution in [-0.4, -0.2) is 4.98 Å². The van der Waals surface area contributed by atoms with E-state index in [4.69, 9.17) is 5.73 Å². The van der Waals surface area contributed by atoms with E-state index in [1.54, 1.807) is 17.5 Å². The van der Waals surface area contributed by atoms with Gasteiger partial charge in [0.25, 0.3) is 0 Å². The Morgan fingerprint density at radius 1 is 1.50 bits per heavy atom. The van der Waals surface area contributed by atoms with Gasteiger partial charge in [0.15, 0.2) is 0 Å². The Kier molecular flexibility index (Phi) is 3.10. The van der Waals surface area contributed by atoms with Gasteiger partial charge >= 0.3 is 0 Å². The lowest BCUT2D eigenvalue weighted by Gasteiger charge is -2.13. The van der Waals surface area contributed by atoms with E-state index in [0.29, 0.717) is 0 Å². The Labute approximate surface area is 99.3 Å². The summed E-state index contributed by atoms with van der Waals surface area (Å²) in [7, 11) is 0. The second kappa shape index (κ2) is 4.53. The Morgan fingerprint density at radius 2 is 2.31 bits per heavy atom. The minimum absolute atomic E-state index is 0.259. The lowest BCUT2D eigenvalue weighted by atomic mass is 10.2. The zero-order chi connectivity index (χ0) is 11.5. The number of nitrogens with zero attached hydrogens (tertiary/aromatic N) is 1. The van der Waals surface area contributed by atoms with Crippen LogP contribution >= 0.6 is 11.3 Å². The van der Waals surface area contributed by atoms with E-state index in [9.17, 15) is 0 Å². The quantitative estimate of drug-likeness (QED) is 0.856. The lowest BCUT2D eigenvalue weighted by molar-refractivity contribution is 0.896. The number of aryl methyl sites for hydroxylation is 1. The first kappa shape index (κ1) is 11.0. The predicted molar refractivity (Wildman–Crippen MR) is 69.7 cm³/mol. The molecule has 0 aromatic carbocycles. The standard InChI is InChI=1S/C12H15N3S/c1-8-7-14-12(6-10(8)13)15-9(2)11-4-3-5-16-11/h3-7,9H,1-2H3,(H3,13,14,15). The van der Waals surface area contributed by atoms with Crippen LogP contribution in [0.5, 0.6) is 0 Å². The van der Waals surface area contributed by atoms with Gasteiger partial charge in [-0.15, -0.1) is 11.3 Å². The lowest BCUT2D eigenvalue weighted by Crippen LogP contribution is -2.07. The maximum Gasteiger partial charge on any atom is 0.128 e. The number of nitrogen functional groups attached to an aromatic ring is 1. The van der Waals surface area contributed by atoms with Crippen LogP contribution in [0, 0.1) is 6.92 Å². The van der Waals surface area contributed by atoms with E-state index < -0.39 is 0 Å². The fourth-order valence-electron chi connectivity index (χ4n) is 1.45. The number of thiophene rings is 1. The Hall–Kier alpha value is -1.55. The molecule has 0 aliphatic rings. The van der Waals surface area contributed by atoms with Crippen molar-refractivity contribution < 1.29 is 0 Å². The molecule has 3 N–H and O–H groups in total. The largest absolute Gasteiger partial charge is 0.398 e. The Bertz CT molecular complexity index is 465. The number of nitrogens with two attached hydrogens (primary N) is 1. The molecule has 0 aliphatic heterocycles. The molecule has 16 heavy (non-hydrogen) atoms. The summed E-state index contributed by atoms with van der Waals surface area (Å²) in [6, 6.07) is 6.30. The van der Waals surface area contributed by atoms with Crippen LogP contribution in [0.4, 0.5) is 11.5 Å². The average molecular weight is 233 g/mol. The summed E-state index contributed by atoms with van der Waals surface area (Å²) in [5.41, 5.74) is 7.62. The number of aromatic nitrogens is 1. The maximum atomic E-state index is 5.84. The van der Waals surface area contributed by atoms with E-state index in [0.717, 1.165) is 17.1 Å². The molecule has 2 rings (SSSR count). The van der Waals surface area contributed by atoms with Crippen molar-refractivity contribution in [3.8, 4) is 0 Å². The molecule has 2 aromatic heterocycles. The van der Waals surface area contributed by atoms with Crippen LogP contribution in [0.1, 0.15) is 23.4 Å². The van der Waals surface area contributed by atoms with Crippen LogP contribution in [-0.2, 0) is 0 Å². The third-order valence-corrected chi connectivity index (χ3v) is 3.53. The fourth-order valence-corrected chi connectivity index (χ4v) is 2.18. The van der Waals surface area contributed by atoms with Crippen molar-refractivity contribution in [1.29, 1.82) is 0 Å². The highest BCUT2D eigenvalue weighted by molar-refractivity contribution is 7.10. The average Bonchev–Trinajstić information content (AvgIpc) is 2.77. The molecule has 0 aliphatic carbocycles. The van der Waals surface area contributed by atoms with Crippen LogP contribution in [0.15, 0.2) is 29.8 Å². The number of nitrogens with one attached hydrogen (secondary N) is 1. The van der Waals surface area contributed by atoms with Gasteiger partial charge in [-0.25, -0.2) is 4.98 Å². The Balaban J connectivity index is 2.12. The SMILES string of the molecule is Cc1cnc(NC(C)c2cccs2)cc1N. The molecule has 0 bridgehead atoms. The number of rotatable bonds is 3. The highest BCUT2D eigenvalue weighted by atomic mass is 32.1. The zero-order valence-corrected chi connectivity index (χ0v) is 10.2. The van der Waals surface area contributed by atoms with Gasteiger partial charge in [0.2, 0.25) is 0 Å². The number of pyridine rings is 1. The molecule has 0 saturated heterocycles. The van der Waals surface area contributed by atoms with Crippen LogP contribution in [0.3, 0.4) is 0 Å². The first-order valence-corrected chi connectivity index (χ1v) is 6.07. The third-order valence-electron chi connectivity index (χ3n) is 2.48. The second-order valence-corrected chi connectivity index (χ2v) is 4.79. The third kappa shape index (κ3) is 2.33. The van der Waals surface area contributed by atoms with Gasteiger partial charge in [-0.05, 0) is 30.9 Å². The molecule has 4 heteroatoms. The van der Waals surface area contributed by atoms with E-state index in [1.165, 1.54) is 4.88 Å². The summed E-state index contributed by atoms with van der Waals surface area (Å²) in [5, 5.41) is 5.41. The molecule has 0 amide bonds. The van der Waals surface area contributed by atoms with Crippen molar-refractivity contribution >= 4 is 22.8 Å². The highest BCUT2D eigenvalue weighted by Crippen LogP contribution is 2.23. The highest BCUT2D eigenvalue weighted by Gasteiger charge is 2.07. The van der Waals surface area contributed by atoms with E-state index in [-0.39, 0.29) is 6.04 Å². The summed E-state index contributed by atoms with van der Waals surface area (Å²) in [6.07, 6.45) is 1.79. The van der Waals surface area contributed by atoms with Crippen molar-refractivity contribution in [2.45, 2.75) is 19.9 Å². The molecular formula is C12H15N3S. The van der Waals surface area contributed by atoms with E-state index in [2.05, 4.69) is 34.7 Å². The summed E-state index contributed by atoms with van der Waals surface area (Å²) in [4.78, 5) is 5.60. The first-order chi connectivity index (χ1) is 7.66. The molecule has 0 spiro atoms. The van der Waals surface area contributed by atoms with E-state index in [1.807, 2.05) is 13.0 Å². The first-order valence-electron chi connectivity index (χ1n) is 5.19. The Morgan fingerprint density at radius 3 is 2.94 bits per heavy atom. The van der Waals surface area contributed by atoms with Gasteiger partial charge in [-0.3, -0.25) is 0 Å². The van der Waals surface area contributed by atoms with Gasteiger partial charge in [0.05, 0.1) is 6.04 Å². The smallest absolute Gasteiger partial charge is 0.128 e. The minimum Gasteiger partial charge on any atom is -0.398 e. The van der Waals surface area contributed by atoms with Gasteiger partial charge in [0, 0.05) is 22.8 Å². The zero-order valence-electron chi connectivity index (χ0n) is 9.40. The molecule has 1 atom stereocenters. The summed E-state index contributed by atoms with van der Waals surface area (Å²) < 4.78 is 0. The van der Waals surface area contributed by atoms with Crippen molar-refractivity contribution in [1.82, 2.24) is 4.98 Å². The predicted octanol–water partition coefficient (Wildman–Crippen LogP) is 3.21. The van der Waals surface area contributed by atoms with Crippen molar-refractivity contribution in [2.75, 3.05) is 11.1 Å². The molecule has 2 heterocycles. The van der Waals surface area contributed by atoms with Crippen molar-refractivity contribution in [2.24, 2.45) is 0 Å². The summed E-state index contributed by atoms with van der Waals surface area (Å²) >= 11 is 1.74. The van der Waals surface area contributed by atoms with Crippen molar-refractivity contribution in [3.63, 3.8) is 0 Å². The molecule has 84 valence electrons. The van der Waals surface area contributed by atoms with Crippen LogP contribution in [0.25, 0.3) is 0 Å². The van der Waals surface area contributed by atoms with Crippen LogP contribution < -0.4 is 11.1 Å². The number of hydrogen-bond donors (Lipinski definition) is 2. The fraction of sp³-hybridized carbons (Fsp3) is 0.250. The minimum atomic E-state index is 0.259. The number of anilines is 2. The van der Waals surface area contributed by atoms with Gasteiger partial charge in [0.1, 0.15) is 5.82 Å². The normalized spacial score (nSPS) is 12.4. The molecule has 0 saturated carbocycles. The monoisotopic (exact) mass is 233 g/mol. The molecular weight excluding hydrogens is 218 g/mol. The number of hydrogen-bond acceptors (Lipinski definition) is 4. The molecule has 0 radical (unpaired) electrons. The van der Waals surface area contributed by atoms with Gasteiger partial charge in [-0.1, -0.05) is 6.07 Å². The molecule has 0 fully saturated rings. The van der Waals surface area contributed by atoms with Gasteiger partial charge < -0.3 is 11.1 Å². The molecule has 3 nitrogen and oxygen atoms in total. The van der Waals surface area contributed by atoms with Crippen LogP contribution in [0.2, 0.25) is 0 Å². The molecule has 1 unspecified atom stereocenters. The van der Waals surface area contributed by atoms with E-state index >= 15 is 0 Å². The topological polar surface area (TPSA) is 50.9 Å². The molecule has 2 aromatic rings. The summed E-state index contributed by atoms with van der Waals surface area (Å²) in [6.45, 7) is 4.07. The maximum absolute atomic E-state index is 5.84. The van der Waals surface area contributed by atoms with Gasteiger partial charge in [-0.2, -0.15) is 0 Å². The summed E-state index contributed by atoms with van der Waals surface area (Å²) in [5.74, 6) is 0.823.